The maximum atomic E-state index is 11.8. The average Bonchev–Trinajstić information content (AvgIpc) is 2.68. The van der Waals surface area contributed by atoms with E-state index in [1.54, 1.807) is 0 Å². The summed E-state index contributed by atoms with van der Waals surface area (Å²) in [6.07, 6.45) is 0.552. The lowest BCUT2D eigenvalue weighted by Crippen LogP contribution is -2.24. The van der Waals surface area contributed by atoms with Crippen LogP contribution in [0.4, 0.5) is 5.69 Å². The highest BCUT2D eigenvalue weighted by molar-refractivity contribution is 7.21. The number of aliphatic hydroxyl groups excluding tert-OH is 1. The van der Waals surface area contributed by atoms with Crippen molar-refractivity contribution in [3.63, 3.8) is 0 Å². The smallest absolute Gasteiger partial charge is 0.263 e. The van der Waals surface area contributed by atoms with Gasteiger partial charge in [-0.05, 0) is 12.5 Å². The molecule has 90 valence electrons. The molecule has 5 heteroatoms. The fourth-order valence-corrected chi connectivity index (χ4v) is 2.63. The van der Waals surface area contributed by atoms with Crippen LogP contribution in [0.25, 0.3) is 10.1 Å². The van der Waals surface area contributed by atoms with Gasteiger partial charge in [-0.1, -0.05) is 18.2 Å². The van der Waals surface area contributed by atoms with Gasteiger partial charge in [-0.25, -0.2) is 0 Å². The largest absolute Gasteiger partial charge is 0.397 e. The molecule has 0 spiro atoms. The first-order valence-corrected chi connectivity index (χ1v) is 6.21. The Morgan fingerprint density at radius 1 is 1.41 bits per heavy atom. The van der Waals surface area contributed by atoms with E-state index in [0.29, 0.717) is 23.5 Å². The second-order valence-electron chi connectivity index (χ2n) is 3.67. The number of nitrogens with one attached hydrogen (secondary N) is 1. The third kappa shape index (κ3) is 2.40. The van der Waals surface area contributed by atoms with Gasteiger partial charge in [-0.15, -0.1) is 11.3 Å². The minimum Gasteiger partial charge on any atom is -0.397 e. The number of thiophene rings is 1. The molecule has 17 heavy (non-hydrogen) atoms. The van der Waals surface area contributed by atoms with E-state index in [4.69, 9.17) is 10.8 Å². The highest BCUT2D eigenvalue weighted by Crippen LogP contribution is 2.33. The fourth-order valence-electron chi connectivity index (χ4n) is 1.60. The standard InChI is InChI=1S/C12H14N2O2S/c13-10-8-4-1-2-5-9(8)17-11(10)12(16)14-6-3-7-15/h1-2,4-5,15H,3,6-7,13H2,(H,14,16). The van der Waals surface area contributed by atoms with Gasteiger partial charge in [0.15, 0.2) is 0 Å². The number of hydrogen-bond acceptors (Lipinski definition) is 4. The zero-order valence-electron chi connectivity index (χ0n) is 9.27. The first kappa shape index (κ1) is 11.9. The van der Waals surface area contributed by atoms with E-state index in [1.807, 2.05) is 24.3 Å². The molecule has 1 heterocycles. The van der Waals surface area contributed by atoms with Crippen molar-refractivity contribution in [1.82, 2.24) is 5.32 Å². The van der Waals surface area contributed by atoms with Crippen LogP contribution < -0.4 is 11.1 Å². The van der Waals surface area contributed by atoms with Crippen LogP contribution in [0.3, 0.4) is 0 Å². The lowest BCUT2D eigenvalue weighted by Gasteiger charge is -2.02. The van der Waals surface area contributed by atoms with Gasteiger partial charge in [-0.3, -0.25) is 4.79 Å². The van der Waals surface area contributed by atoms with Gasteiger partial charge in [0, 0.05) is 23.2 Å². The summed E-state index contributed by atoms with van der Waals surface area (Å²) in [5, 5.41) is 12.3. The van der Waals surface area contributed by atoms with Crippen molar-refractivity contribution >= 4 is 33.0 Å². The molecule has 0 unspecified atom stereocenters. The monoisotopic (exact) mass is 250 g/mol. The summed E-state index contributed by atoms with van der Waals surface area (Å²) >= 11 is 1.39. The number of benzene rings is 1. The van der Waals surface area contributed by atoms with Gasteiger partial charge in [0.1, 0.15) is 4.88 Å². The van der Waals surface area contributed by atoms with Crippen molar-refractivity contribution in [2.75, 3.05) is 18.9 Å². The van der Waals surface area contributed by atoms with Crippen LogP contribution in [0.15, 0.2) is 24.3 Å². The Bertz CT molecular complexity index is 536. The van der Waals surface area contributed by atoms with E-state index in [1.165, 1.54) is 11.3 Å². The normalized spacial score (nSPS) is 10.6. The van der Waals surface area contributed by atoms with Crippen molar-refractivity contribution < 1.29 is 9.90 Å². The number of rotatable bonds is 4. The molecular formula is C12H14N2O2S. The highest BCUT2D eigenvalue weighted by Gasteiger charge is 2.15. The molecule has 4 N–H and O–H groups in total. The van der Waals surface area contributed by atoms with Crippen molar-refractivity contribution in [2.45, 2.75) is 6.42 Å². The molecule has 2 aromatic rings. The summed E-state index contributed by atoms with van der Waals surface area (Å²) in [7, 11) is 0. The summed E-state index contributed by atoms with van der Waals surface area (Å²) in [5.41, 5.74) is 6.48. The number of fused-ring (bicyclic) bond motifs is 1. The maximum absolute atomic E-state index is 11.8. The Hall–Kier alpha value is -1.59. The molecule has 0 saturated heterocycles. The summed E-state index contributed by atoms with van der Waals surface area (Å²) in [6, 6.07) is 7.68. The molecule has 0 radical (unpaired) electrons. The quantitative estimate of drug-likeness (QED) is 0.721. The SMILES string of the molecule is Nc1c(C(=O)NCCCO)sc2ccccc12. The van der Waals surface area contributed by atoms with Crippen LogP contribution >= 0.6 is 11.3 Å². The number of anilines is 1. The number of carbonyl (C=O) groups is 1. The number of aliphatic hydroxyl groups is 1. The van der Waals surface area contributed by atoms with E-state index in [2.05, 4.69) is 5.32 Å². The van der Waals surface area contributed by atoms with Crippen molar-refractivity contribution in [1.29, 1.82) is 0 Å². The van der Waals surface area contributed by atoms with E-state index >= 15 is 0 Å². The van der Waals surface area contributed by atoms with Crippen LogP contribution in [0, 0.1) is 0 Å². The number of nitrogens with two attached hydrogens (primary N) is 1. The molecule has 0 fully saturated rings. The Morgan fingerprint density at radius 3 is 2.88 bits per heavy atom. The van der Waals surface area contributed by atoms with E-state index in [0.717, 1.165) is 10.1 Å². The van der Waals surface area contributed by atoms with E-state index in [-0.39, 0.29) is 12.5 Å². The number of carbonyl (C=O) groups excluding carboxylic acids is 1. The molecule has 1 aromatic carbocycles. The molecule has 0 aliphatic rings. The fraction of sp³-hybridized carbons (Fsp3) is 0.250. The van der Waals surface area contributed by atoms with Gasteiger partial charge in [0.25, 0.3) is 5.91 Å². The van der Waals surface area contributed by atoms with E-state index < -0.39 is 0 Å². The van der Waals surface area contributed by atoms with Crippen LogP contribution in [0.5, 0.6) is 0 Å². The van der Waals surface area contributed by atoms with Crippen molar-refractivity contribution in [3.05, 3.63) is 29.1 Å². The summed E-state index contributed by atoms with van der Waals surface area (Å²) < 4.78 is 1.01. The second kappa shape index (κ2) is 5.16. The lowest BCUT2D eigenvalue weighted by atomic mass is 10.2. The van der Waals surface area contributed by atoms with Crippen LogP contribution in [-0.4, -0.2) is 24.2 Å². The molecule has 0 aliphatic heterocycles. The van der Waals surface area contributed by atoms with Gasteiger partial charge in [0.2, 0.25) is 0 Å². The van der Waals surface area contributed by atoms with Crippen LogP contribution in [-0.2, 0) is 0 Å². The molecule has 0 bridgehead atoms. The molecule has 0 saturated carbocycles. The summed E-state index contributed by atoms with van der Waals surface area (Å²) in [6.45, 7) is 0.533. The van der Waals surface area contributed by atoms with Gasteiger partial charge >= 0.3 is 0 Å². The minimum atomic E-state index is -0.169. The van der Waals surface area contributed by atoms with Crippen molar-refractivity contribution in [3.8, 4) is 0 Å². The lowest BCUT2D eigenvalue weighted by molar-refractivity contribution is 0.0956. The predicted molar refractivity (Wildman–Crippen MR) is 70.3 cm³/mol. The number of nitrogen functional groups attached to an aromatic ring is 1. The van der Waals surface area contributed by atoms with Gasteiger partial charge < -0.3 is 16.2 Å². The maximum Gasteiger partial charge on any atom is 0.263 e. The number of amides is 1. The molecule has 1 amide bonds. The zero-order valence-corrected chi connectivity index (χ0v) is 10.1. The molecule has 0 aliphatic carbocycles. The minimum absolute atomic E-state index is 0.0716. The summed E-state index contributed by atoms with van der Waals surface area (Å²) in [5.74, 6) is -0.169. The Morgan fingerprint density at radius 2 is 2.18 bits per heavy atom. The highest BCUT2D eigenvalue weighted by atomic mass is 32.1. The molecule has 2 rings (SSSR count). The first-order chi connectivity index (χ1) is 8.24. The zero-order chi connectivity index (χ0) is 12.3. The predicted octanol–water partition coefficient (Wildman–Crippen LogP) is 1.60. The molecular weight excluding hydrogens is 236 g/mol. The van der Waals surface area contributed by atoms with E-state index in [9.17, 15) is 4.79 Å². The Balaban J connectivity index is 2.23. The van der Waals surface area contributed by atoms with Gasteiger partial charge in [-0.2, -0.15) is 0 Å². The first-order valence-electron chi connectivity index (χ1n) is 5.40. The third-order valence-corrected chi connectivity index (χ3v) is 3.65. The second-order valence-corrected chi connectivity index (χ2v) is 4.73. The Labute approximate surface area is 103 Å². The number of hydrogen-bond donors (Lipinski definition) is 3. The third-order valence-electron chi connectivity index (χ3n) is 2.46. The van der Waals surface area contributed by atoms with Crippen LogP contribution in [0.2, 0.25) is 0 Å². The molecule has 4 nitrogen and oxygen atoms in total. The molecule has 1 aromatic heterocycles. The van der Waals surface area contributed by atoms with Crippen molar-refractivity contribution in [2.24, 2.45) is 0 Å². The average molecular weight is 250 g/mol. The van der Waals surface area contributed by atoms with Gasteiger partial charge in [0.05, 0.1) is 5.69 Å². The van der Waals surface area contributed by atoms with Crippen LogP contribution in [0.1, 0.15) is 16.1 Å². The molecule has 0 atom stereocenters. The summed E-state index contributed by atoms with van der Waals surface area (Å²) in [4.78, 5) is 12.4. The topological polar surface area (TPSA) is 75.4 Å². The Kier molecular flexibility index (Phi) is 3.61.